The van der Waals surface area contributed by atoms with Gasteiger partial charge < -0.3 is 9.32 Å². The molecule has 0 spiro atoms. The Labute approximate surface area is 159 Å². The van der Waals surface area contributed by atoms with Crippen molar-refractivity contribution in [2.24, 2.45) is 5.92 Å². The Morgan fingerprint density at radius 3 is 2.85 bits per heavy atom. The van der Waals surface area contributed by atoms with Crippen molar-refractivity contribution in [2.75, 3.05) is 13.1 Å². The van der Waals surface area contributed by atoms with E-state index >= 15 is 0 Å². The lowest BCUT2D eigenvalue weighted by molar-refractivity contribution is -0.137. The van der Waals surface area contributed by atoms with Gasteiger partial charge in [-0.3, -0.25) is 4.79 Å². The van der Waals surface area contributed by atoms with Crippen molar-refractivity contribution in [1.29, 1.82) is 0 Å². The number of hydrogen-bond acceptors (Lipinski definition) is 3. The number of hydrogen-bond donors (Lipinski definition) is 0. The summed E-state index contributed by atoms with van der Waals surface area (Å²) in [5.41, 5.74) is 0.871. The van der Waals surface area contributed by atoms with Crippen LogP contribution < -0.4 is 0 Å². The summed E-state index contributed by atoms with van der Waals surface area (Å²) < 4.78 is 19.3. The molecule has 1 aliphatic carbocycles. The summed E-state index contributed by atoms with van der Waals surface area (Å²) in [5.74, 6) is 1.91. The summed E-state index contributed by atoms with van der Waals surface area (Å²) >= 11 is 0. The van der Waals surface area contributed by atoms with Gasteiger partial charge in [-0.1, -0.05) is 31.4 Å². The minimum atomic E-state index is -0.239. The molecule has 4 nitrogen and oxygen atoms in total. The Morgan fingerprint density at radius 1 is 1.19 bits per heavy atom. The number of piperidine rings is 1. The molecule has 0 bridgehead atoms. The monoisotopic (exact) mass is 370 g/mol. The van der Waals surface area contributed by atoms with Crippen molar-refractivity contribution in [3.05, 3.63) is 53.5 Å². The van der Waals surface area contributed by atoms with Gasteiger partial charge in [0.2, 0.25) is 5.91 Å². The third-order valence-corrected chi connectivity index (χ3v) is 5.88. The second kappa shape index (κ2) is 8.24. The number of halogens is 1. The first-order valence-electron chi connectivity index (χ1n) is 10.2. The van der Waals surface area contributed by atoms with Crippen LogP contribution in [0.1, 0.15) is 68.1 Å². The van der Waals surface area contributed by atoms with E-state index in [1.807, 2.05) is 11.0 Å². The molecule has 0 unspecified atom stereocenters. The van der Waals surface area contributed by atoms with Crippen LogP contribution >= 0.6 is 0 Å². The van der Waals surface area contributed by atoms with E-state index in [0.717, 1.165) is 43.6 Å². The number of carbonyl (C=O) groups is 1. The minimum absolute atomic E-state index is 0.160. The van der Waals surface area contributed by atoms with Crippen LogP contribution in [0, 0.1) is 11.7 Å². The Bertz CT molecular complexity index is 782. The minimum Gasteiger partial charge on any atom is -0.445 e. The van der Waals surface area contributed by atoms with Crippen LogP contribution in [0.5, 0.6) is 0 Å². The van der Waals surface area contributed by atoms with Crippen LogP contribution in [0.2, 0.25) is 0 Å². The third kappa shape index (κ3) is 4.40. The van der Waals surface area contributed by atoms with Gasteiger partial charge in [0.15, 0.2) is 5.89 Å². The van der Waals surface area contributed by atoms with Crippen molar-refractivity contribution in [3.8, 4) is 0 Å². The van der Waals surface area contributed by atoms with Gasteiger partial charge in [-0.25, -0.2) is 9.37 Å². The fourth-order valence-electron chi connectivity index (χ4n) is 4.43. The van der Waals surface area contributed by atoms with Gasteiger partial charge in [0.05, 0.1) is 12.1 Å². The predicted octanol–water partition coefficient (Wildman–Crippen LogP) is 4.69. The van der Waals surface area contributed by atoms with Gasteiger partial charge in [-0.2, -0.15) is 0 Å². The number of benzene rings is 1. The zero-order valence-corrected chi connectivity index (χ0v) is 15.7. The van der Waals surface area contributed by atoms with Gasteiger partial charge in [0.25, 0.3) is 0 Å². The fourth-order valence-corrected chi connectivity index (χ4v) is 4.43. The van der Waals surface area contributed by atoms with E-state index in [1.54, 1.807) is 12.3 Å². The summed E-state index contributed by atoms with van der Waals surface area (Å²) in [6, 6.07) is 6.55. The smallest absolute Gasteiger partial charge is 0.225 e. The Hall–Kier alpha value is -2.17. The van der Waals surface area contributed by atoms with E-state index in [0.29, 0.717) is 24.8 Å². The van der Waals surface area contributed by atoms with E-state index < -0.39 is 0 Å². The first-order chi connectivity index (χ1) is 13.2. The zero-order chi connectivity index (χ0) is 18.6. The molecule has 2 aliphatic rings. The Balaban J connectivity index is 1.39. The highest BCUT2D eigenvalue weighted by Crippen LogP contribution is 2.31. The highest BCUT2D eigenvalue weighted by Gasteiger charge is 2.31. The van der Waals surface area contributed by atoms with Crippen molar-refractivity contribution >= 4 is 5.91 Å². The zero-order valence-electron chi connectivity index (χ0n) is 15.7. The fraction of sp³-hybridized carbons (Fsp3) is 0.545. The number of nitrogens with zero attached hydrogens (tertiary/aromatic N) is 2. The molecule has 1 aromatic heterocycles. The summed E-state index contributed by atoms with van der Waals surface area (Å²) in [6.07, 6.45) is 9.95. The van der Waals surface area contributed by atoms with Gasteiger partial charge in [-0.05, 0) is 43.4 Å². The summed E-state index contributed by atoms with van der Waals surface area (Å²) in [5, 5.41) is 0. The van der Waals surface area contributed by atoms with Crippen molar-refractivity contribution in [3.63, 3.8) is 0 Å². The van der Waals surface area contributed by atoms with Crippen LogP contribution in [0.4, 0.5) is 4.39 Å². The summed E-state index contributed by atoms with van der Waals surface area (Å²) in [7, 11) is 0. The molecule has 1 atom stereocenters. The lowest BCUT2D eigenvalue weighted by atomic mass is 9.87. The lowest BCUT2D eigenvalue weighted by Gasteiger charge is -2.34. The third-order valence-electron chi connectivity index (χ3n) is 5.88. The molecule has 2 fully saturated rings. The molecule has 0 radical (unpaired) electrons. The maximum absolute atomic E-state index is 13.4. The SMILES string of the molecule is O=C(C1CCCCC1)N1CCC[C@@H](c2ncc(Cc3cccc(F)c3)o2)C1. The van der Waals surface area contributed by atoms with Crippen LogP contribution in [0.3, 0.4) is 0 Å². The van der Waals surface area contributed by atoms with Gasteiger partial charge in [0.1, 0.15) is 11.6 Å². The van der Waals surface area contributed by atoms with Crippen molar-refractivity contribution in [2.45, 2.75) is 57.3 Å². The molecule has 2 aromatic rings. The average Bonchev–Trinajstić information content (AvgIpc) is 3.17. The molecule has 144 valence electrons. The van der Waals surface area contributed by atoms with Crippen molar-refractivity contribution < 1.29 is 13.6 Å². The number of carbonyl (C=O) groups excluding carboxylic acids is 1. The highest BCUT2D eigenvalue weighted by atomic mass is 19.1. The van der Waals surface area contributed by atoms with Crippen LogP contribution in [-0.4, -0.2) is 28.9 Å². The molecule has 1 aromatic carbocycles. The molecule has 1 saturated heterocycles. The van der Waals surface area contributed by atoms with E-state index in [9.17, 15) is 9.18 Å². The maximum atomic E-state index is 13.4. The van der Waals surface area contributed by atoms with Gasteiger partial charge >= 0.3 is 0 Å². The Kier molecular flexibility index (Phi) is 5.55. The van der Waals surface area contributed by atoms with Crippen LogP contribution in [-0.2, 0) is 11.2 Å². The average molecular weight is 370 g/mol. The van der Waals surface area contributed by atoms with Crippen LogP contribution in [0.15, 0.2) is 34.9 Å². The predicted molar refractivity (Wildman–Crippen MR) is 101 cm³/mol. The molecule has 5 heteroatoms. The first kappa shape index (κ1) is 18.2. The van der Waals surface area contributed by atoms with E-state index in [2.05, 4.69) is 4.98 Å². The van der Waals surface area contributed by atoms with Gasteiger partial charge in [0, 0.05) is 25.4 Å². The van der Waals surface area contributed by atoms with E-state index in [-0.39, 0.29) is 17.7 Å². The number of amides is 1. The second-order valence-electron chi connectivity index (χ2n) is 7.93. The summed E-state index contributed by atoms with van der Waals surface area (Å²) in [4.78, 5) is 19.3. The maximum Gasteiger partial charge on any atom is 0.225 e. The molecular weight excluding hydrogens is 343 g/mol. The molecule has 27 heavy (non-hydrogen) atoms. The number of aromatic nitrogens is 1. The summed E-state index contributed by atoms with van der Waals surface area (Å²) in [6.45, 7) is 1.55. The highest BCUT2D eigenvalue weighted by molar-refractivity contribution is 5.79. The lowest BCUT2D eigenvalue weighted by Crippen LogP contribution is -2.42. The van der Waals surface area contributed by atoms with Crippen molar-refractivity contribution in [1.82, 2.24) is 9.88 Å². The largest absolute Gasteiger partial charge is 0.445 e. The first-order valence-corrected chi connectivity index (χ1v) is 10.2. The second-order valence-corrected chi connectivity index (χ2v) is 7.93. The molecule has 1 amide bonds. The molecule has 1 aliphatic heterocycles. The number of oxazole rings is 1. The molecule has 1 saturated carbocycles. The van der Waals surface area contributed by atoms with E-state index in [4.69, 9.17) is 4.42 Å². The molecule has 0 N–H and O–H groups in total. The van der Waals surface area contributed by atoms with Gasteiger partial charge in [-0.15, -0.1) is 0 Å². The van der Waals surface area contributed by atoms with E-state index in [1.165, 1.54) is 31.4 Å². The molecule has 2 heterocycles. The van der Waals surface area contributed by atoms with Crippen LogP contribution in [0.25, 0.3) is 0 Å². The molecule has 4 rings (SSSR count). The molecular formula is C22H27FN2O2. The topological polar surface area (TPSA) is 46.3 Å². The number of rotatable bonds is 4. The number of likely N-dealkylation sites (tertiary alicyclic amines) is 1. The quantitative estimate of drug-likeness (QED) is 0.784. The normalized spacial score (nSPS) is 21.4. The Morgan fingerprint density at radius 2 is 2.04 bits per heavy atom. The standard InChI is InChI=1S/C22H27FN2O2/c23-19-10-4-6-16(12-19)13-20-14-24-21(27-20)18-9-5-11-25(15-18)22(26)17-7-2-1-3-8-17/h4,6,10,12,14,17-18H,1-3,5,7-9,11,13,15H2/t18-/m1/s1.